The van der Waals surface area contributed by atoms with Crippen molar-refractivity contribution in [3.05, 3.63) is 64.0 Å². The van der Waals surface area contributed by atoms with E-state index in [0.717, 1.165) is 6.08 Å². The van der Waals surface area contributed by atoms with E-state index in [1.54, 1.807) is 18.2 Å². The second-order valence-electron chi connectivity index (χ2n) is 7.64. The molecular weight excluding hydrogens is 512 g/mol. The Balaban J connectivity index is 1.76. The van der Waals surface area contributed by atoms with Crippen LogP contribution in [0.15, 0.2) is 53.5 Å². The number of nitrogens with two attached hydrogens (primary N) is 1. The number of nitrogens with zero attached hydrogens (tertiary/aromatic N) is 2. The Bertz CT molecular complexity index is 1370. The summed E-state index contributed by atoms with van der Waals surface area (Å²) in [5, 5.41) is 14.1. The summed E-state index contributed by atoms with van der Waals surface area (Å²) in [7, 11) is 0. The molecule has 0 spiro atoms. The average Bonchev–Trinajstić information content (AvgIpc) is 3.24. The minimum atomic E-state index is -2.63. The van der Waals surface area contributed by atoms with Crippen molar-refractivity contribution in [3.8, 4) is 5.75 Å². The molecule has 0 radical (unpaired) electrons. The largest absolute Gasteiger partial charge is 0.486 e. The summed E-state index contributed by atoms with van der Waals surface area (Å²) in [5.74, 6) is -1.18. The van der Waals surface area contributed by atoms with Gasteiger partial charge in [-0.15, -0.1) is 11.3 Å². The van der Waals surface area contributed by atoms with Crippen molar-refractivity contribution in [2.24, 2.45) is 5.73 Å². The Kier molecular flexibility index (Phi) is 9.27. The fraction of sp³-hybridized carbons (Fsp3) is 0.261. The number of alkyl halides is 2. The molecule has 14 heteroatoms. The van der Waals surface area contributed by atoms with Crippen LogP contribution in [0.25, 0.3) is 10.2 Å². The molecule has 196 valence electrons. The molecule has 37 heavy (non-hydrogen) atoms. The van der Waals surface area contributed by atoms with Crippen LogP contribution in [0.3, 0.4) is 0 Å². The van der Waals surface area contributed by atoms with E-state index in [1.807, 2.05) is 0 Å². The number of carbonyl (C=O) groups excluding carboxylic acids is 2. The van der Waals surface area contributed by atoms with E-state index in [1.165, 1.54) is 40.3 Å². The molecule has 5 N–H and O–H groups in total. The molecule has 0 aliphatic rings. The minimum Gasteiger partial charge on any atom is -0.486 e. The molecule has 3 aromatic rings. The van der Waals surface area contributed by atoms with Gasteiger partial charge in [-0.25, -0.2) is 18.6 Å². The van der Waals surface area contributed by atoms with Crippen molar-refractivity contribution in [2.45, 2.75) is 31.9 Å². The lowest BCUT2D eigenvalue weighted by atomic mass is 10.1. The zero-order valence-corrected chi connectivity index (χ0v) is 20.0. The smallest absolute Gasteiger partial charge is 0.405 e. The molecular formula is C23H23F2N5O6S. The van der Waals surface area contributed by atoms with Crippen molar-refractivity contribution in [2.75, 3.05) is 11.9 Å². The molecule has 0 unspecified atom stereocenters. The third kappa shape index (κ3) is 7.83. The number of nitrogens with one attached hydrogen (secondary N) is 2. The molecule has 0 saturated carbocycles. The normalized spacial score (nSPS) is 12.1. The number of halogens is 2. The first-order chi connectivity index (χ1) is 17.6. The number of benzene rings is 1. The third-order valence-electron chi connectivity index (χ3n) is 4.89. The van der Waals surface area contributed by atoms with E-state index < -0.39 is 42.5 Å². The second-order valence-corrected chi connectivity index (χ2v) is 8.73. The number of allylic oxidation sites excluding steroid dienone is 1. The number of hydrogen-bond donors (Lipinski definition) is 4. The Morgan fingerprint density at radius 3 is 2.73 bits per heavy atom. The van der Waals surface area contributed by atoms with Crippen molar-refractivity contribution in [3.63, 3.8) is 0 Å². The molecule has 0 bridgehead atoms. The van der Waals surface area contributed by atoms with Gasteiger partial charge < -0.3 is 30.8 Å². The summed E-state index contributed by atoms with van der Waals surface area (Å²) >= 11 is 1.18. The van der Waals surface area contributed by atoms with Crippen LogP contribution in [0.1, 0.15) is 17.8 Å². The number of aromatic nitrogens is 2. The number of pyridine rings is 1. The Labute approximate surface area is 212 Å². The van der Waals surface area contributed by atoms with Gasteiger partial charge in [-0.2, -0.15) is 0 Å². The first kappa shape index (κ1) is 27.3. The summed E-state index contributed by atoms with van der Waals surface area (Å²) in [6, 6.07) is 6.57. The average molecular weight is 536 g/mol. The predicted molar refractivity (Wildman–Crippen MR) is 132 cm³/mol. The highest BCUT2D eigenvalue weighted by Gasteiger charge is 2.21. The molecule has 2 heterocycles. The van der Waals surface area contributed by atoms with Crippen LogP contribution < -0.4 is 26.7 Å². The maximum Gasteiger partial charge on any atom is 0.405 e. The van der Waals surface area contributed by atoms with Crippen molar-refractivity contribution < 1.29 is 33.0 Å². The number of amides is 3. The zero-order chi connectivity index (χ0) is 26.9. The van der Waals surface area contributed by atoms with Gasteiger partial charge in [0.1, 0.15) is 29.1 Å². The molecule has 0 aliphatic heterocycles. The van der Waals surface area contributed by atoms with Crippen LogP contribution in [-0.4, -0.2) is 51.6 Å². The third-order valence-corrected chi connectivity index (χ3v) is 5.96. The summed E-state index contributed by atoms with van der Waals surface area (Å²) in [6.45, 7) is -0.725. The van der Waals surface area contributed by atoms with Crippen LogP contribution in [0, 0.1) is 0 Å². The van der Waals surface area contributed by atoms with Gasteiger partial charge in [-0.05, 0) is 43.2 Å². The summed E-state index contributed by atoms with van der Waals surface area (Å²) in [6.07, 6.45) is 0.129. The molecule has 2 aromatic heterocycles. The van der Waals surface area contributed by atoms with E-state index in [0.29, 0.717) is 15.2 Å². The van der Waals surface area contributed by atoms with Gasteiger partial charge in [-0.1, -0.05) is 12.1 Å². The van der Waals surface area contributed by atoms with E-state index in [4.69, 9.17) is 15.6 Å². The number of thiazole rings is 1. The fourth-order valence-electron chi connectivity index (χ4n) is 3.31. The standard InChI is InChI=1S/C23H23F2N5O6S/c24-17(25)12-36-16-8-3-6-13-20(16)37-19(27-13)11-30-10-4-7-15(22(30)33)28-21(32)14(29-23(34)35)5-1-2-9-18(26)31/h2-4,6-10,14,17,29H,1,5,11-12H2,(H2,26,31)(H,28,32)(H,34,35)/b9-2+/t14-/m0/s1. The number of anilines is 1. The Morgan fingerprint density at radius 1 is 1.24 bits per heavy atom. The van der Waals surface area contributed by atoms with Gasteiger partial charge in [0.05, 0.1) is 16.8 Å². The van der Waals surface area contributed by atoms with Gasteiger partial charge >= 0.3 is 6.09 Å². The highest BCUT2D eigenvalue weighted by Crippen LogP contribution is 2.31. The van der Waals surface area contributed by atoms with Crippen LogP contribution in [0.5, 0.6) is 5.75 Å². The molecule has 0 aliphatic carbocycles. The second kappa shape index (κ2) is 12.6. The quantitative estimate of drug-likeness (QED) is 0.259. The van der Waals surface area contributed by atoms with E-state index in [2.05, 4.69) is 15.6 Å². The van der Waals surface area contributed by atoms with Crippen molar-refractivity contribution >= 4 is 45.1 Å². The number of carbonyl (C=O) groups is 3. The SMILES string of the molecule is NC(=O)/C=C/CC[C@H](NC(=O)O)C(=O)Nc1cccn(Cc2nc3cccc(OCC(F)F)c3s2)c1=O. The number of fused-ring (bicyclic) bond motifs is 1. The van der Waals surface area contributed by atoms with E-state index in [9.17, 15) is 28.0 Å². The molecule has 11 nitrogen and oxygen atoms in total. The highest BCUT2D eigenvalue weighted by atomic mass is 32.1. The molecule has 3 rings (SSSR count). The number of primary amides is 1. The monoisotopic (exact) mass is 535 g/mol. The van der Waals surface area contributed by atoms with E-state index >= 15 is 0 Å². The van der Waals surface area contributed by atoms with Gasteiger partial charge in [0.15, 0.2) is 0 Å². The molecule has 1 atom stereocenters. The maximum absolute atomic E-state index is 13.0. The first-order valence-corrected chi connectivity index (χ1v) is 11.7. The molecule has 3 amide bonds. The predicted octanol–water partition coefficient (Wildman–Crippen LogP) is 2.55. The number of ether oxygens (including phenoxy) is 1. The van der Waals surface area contributed by atoms with Crippen LogP contribution in [0.2, 0.25) is 0 Å². The van der Waals surface area contributed by atoms with E-state index in [-0.39, 0.29) is 30.8 Å². The number of rotatable bonds is 12. The maximum atomic E-state index is 13.0. The lowest BCUT2D eigenvalue weighted by Crippen LogP contribution is -2.44. The molecule has 0 saturated heterocycles. The first-order valence-electron chi connectivity index (χ1n) is 10.9. The zero-order valence-electron chi connectivity index (χ0n) is 19.2. The van der Waals surface area contributed by atoms with Gasteiger partial charge in [0, 0.05) is 6.20 Å². The molecule has 0 fully saturated rings. The van der Waals surface area contributed by atoms with Crippen molar-refractivity contribution in [1.82, 2.24) is 14.9 Å². The topological polar surface area (TPSA) is 166 Å². The van der Waals surface area contributed by atoms with Crippen LogP contribution in [0.4, 0.5) is 19.3 Å². The number of hydrogen-bond acceptors (Lipinski definition) is 7. The van der Waals surface area contributed by atoms with Gasteiger partial charge in [-0.3, -0.25) is 14.4 Å². The van der Waals surface area contributed by atoms with Crippen molar-refractivity contribution in [1.29, 1.82) is 0 Å². The Morgan fingerprint density at radius 2 is 2.03 bits per heavy atom. The van der Waals surface area contributed by atoms with Gasteiger partial charge in [0.2, 0.25) is 11.8 Å². The minimum absolute atomic E-state index is 0.0185. The van der Waals surface area contributed by atoms with Gasteiger partial charge in [0.25, 0.3) is 12.0 Å². The number of carboxylic acid groups (broad SMARTS) is 1. The Hall–Kier alpha value is -4.33. The van der Waals surface area contributed by atoms with Crippen LogP contribution in [-0.2, 0) is 16.1 Å². The fourth-order valence-corrected chi connectivity index (χ4v) is 4.34. The summed E-state index contributed by atoms with van der Waals surface area (Å²) < 4.78 is 32.1. The summed E-state index contributed by atoms with van der Waals surface area (Å²) in [4.78, 5) is 52.0. The molecule has 1 aromatic carbocycles. The lowest BCUT2D eigenvalue weighted by molar-refractivity contribution is -0.118. The van der Waals surface area contributed by atoms with Crippen LogP contribution >= 0.6 is 11.3 Å². The highest BCUT2D eigenvalue weighted by molar-refractivity contribution is 7.19. The summed E-state index contributed by atoms with van der Waals surface area (Å²) in [5.41, 5.74) is 4.88. The lowest BCUT2D eigenvalue weighted by Gasteiger charge is -2.16.